The van der Waals surface area contributed by atoms with E-state index in [9.17, 15) is 9.18 Å². The summed E-state index contributed by atoms with van der Waals surface area (Å²) in [4.78, 5) is 18.3. The van der Waals surface area contributed by atoms with Gasteiger partial charge in [-0.3, -0.25) is 4.79 Å². The van der Waals surface area contributed by atoms with Crippen LogP contribution in [0.2, 0.25) is 0 Å². The highest BCUT2D eigenvalue weighted by atomic mass is 32.1. The van der Waals surface area contributed by atoms with Gasteiger partial charge in [-0.05, 0) is 49.5 Å². The zero-order chi connectivity index (χ0) is 17.4. The van der Waals surface area contributed by atoms with Crippen molar-refractivity contribution in [2.45, 2.75) is 32.1 Å². The van der Waals surface area contributed by atoms with Gasteiger partial charge in [0, 0.05) is 23.1 Å². The van der Waals surface area contributed by atoms with Crippen molar-refractivity contribution in [1.29, 1.82) is 0 Å². The first kappa shape index (κ1) is 16.7. The number of nitrogens with zero attached hydrogens (tertiary/aromatic N) is 1. The molecule has 1 unspecified atom stereocenters. The molecule has 1 amide bonds. The van der Waals surface area contributed by atoms with Crippen LogP contribution in [0.1, 0.15) is 41.8 Å². The highest BCUT2D eigenvalue weighted by Gasteiger charge is 2.32. The summed E-state index contributed by atoms with van der Waals surface area (Å²) in [5.41, 5.74) is 2.18. The number of nitrogens with one attached hydrogen (secondary N) is 2. The summed E-state index contributed by atoms with van der Waals surface area (Å²) in [5.74, 6) is 0.765. The maximum Gasteiger partial charge on any atom is 0.229 e. The Balaban J connectivity index is 1.49. The number of carbonyl (C=O) groups excluding carboxylic acids is 1. The molecule has 1 aromatic heterocycles. The Morgan fingerprint density at radius 3 is 2.68 bits per heavy atom. The Kier molecular flexibility index (Phi) is 4.56. The van der Waals surface area contributed by atoms with Crippen molar-refractivity contribution < 1.29 is 9.18 Å². The second-order valence-corrected chi connectivity index (χ2v) is 8.18. The summed E-state index contributed by atoms with van der Waals surface area (Å²) in [6.45, 7) is 3.81. The van der Waals surface area contributed by atoms with Crippen molar-refractivity contribution in [3.63, 3.8) is 0 Å². The number of amides is 1. The molecule has 6 heteroatoms. The van der Waals surface area contributed by atoms with Crippen LogP contribution in [0.5, 0.6) is 0 Å². The Labute approximate surface area is 150 Å². The Morgan fingerprint density at radius 1 is 1.36 bits per heavy atom. The van der Waals surface area contributed by atoms with Crippen LogP contribution in [0.4, 0.5) is 9.52 Å². The average Bonchev–Trinajstić information content (AvgIpc) is 3.31. The van der Waals surface area contributed by atoms with E-state index in [0.29, 0.717) is 17.0 Å². The molecule has 2 N–H and O–H groups in total. The van der Waals surface area contributed by atoms with Gasteiger partial charge in [-0.25, -0.2) is 9.37 Å². The predicted octanol–water partition coefficient (Wildman–Crippen LogP) is 3.54. The van der Waals surface area contributed by atoms with Crippen LogP contribution in [0.3, 0.4) is 0 Å². The topological polar surface area (TPSA) is 54.0 Å². The van der Waals surface area contributed by atoms with Gasteiger partial charge in [-0.2, -0.15) is 0 Å². The fraction of sp³-hybridized carbons (Fsp3) is 0.474. The second kappa shape index (κ2) is 6.84. The van der Waals surface area contributed by atoms with E-state index in [1.54, 1.807) is 11.3 Å². The Morgan fingerprint density at radius 2 is 2.08 bits per heavy atom. The number of rotatable bonds is 6. The first-order chi connectivity index (χ1) is 12.1. The van der Waals surface area contributed by atoms with E-state index in [2.05, 4.69) is 10.6 Å². The van der Waals surface area contributed by atoms with Crippen molar-refractivity contribution in [2.24, 2.45) is 11.8 Å². The van der Waals surface area contributed by atoms with Crippen LogP contribution in [0.15, 0.2) is 24.3 Å². The molecule has 2 aliphatic rings. The molecule has 0 bridgehead atoms. The molecule has 1 aromatic carbocycles. The molecule has 0 spiro atoms. The minimum atomic E-state index is -0.220. The quantitative estimate of drug-likeness (QED) is 0.829. The van der Waals surface area contributed by atoms with Crippen LogP contribution in [-0.2, 0) is 11.2 Å². The van der Waals surface area contributed by atoms with E-state index in [1.165, 1.54) is 17.0 Å². The number of aromatic nitrogens is 1. The van der Waals surface area contributed by atoms with E-state index >= 15 is 0 Å². The highest BCUT2D eigenvalue weighted by molar-refractivity contribution is 7.15. The summed E-state index contributed by atoms with van der Waals surface area (Å²) in [5, 5.41) is 6.92. The molecule has 1 aliphatic heterocycles. The van der Waals surface area contributed by atoms with Gasteiger partial charge in [0.15, 0.2) is 5.13 Å². The number of halogens is 1. The standard InChI is InChI=1S/C19H22FN3OS/c1-11(14-9-21-10-14)18(24)23-19-22-17(13-4-5-13)16(25-19)8-12-2-6-15(20)7-3-12/h2-3,6-7,11,13-14,21H,4-5,8-10H2,1H3,(H,22,23,24). The van der Waals surface area contributed by atoms with Crippen LogP contribution in [0.25, 0.3) is 0 Å². The van der Waals surface area contributed by atoms with Crippen molar-refractivity contribution in [3.8, 4) is 0 Å². The Bertz CT molecular complexity index is 765. The fourth-order valence-electron chi connectivity index (χ4n) is 3.10. The molecular weight excluding hydrogens is 337 g/mol. The number of anilines is 1. The summed E-state index contributed by atoms with van der Waals surface area (Å²) < 4.78 is 13.1. The lowest BCUT2D eigenvalue weighted by atomic mass is 9.88. The van der Waals surface area contributed by atoms with E-state index in [0.717, 1.165) is 43.6 Å². The lowest BCUT2D eigenvalue weighted by Gasteiger charge is -2.31. The highest BCUT2D eigenvalue weighted by Crippen LogP contribution is 2.44. The molecule has 2 heterocycles. The normalized spacial score (nSPS) is 18.6. The van der Waals surface area contributed by atoms with Crippen molar-refractivity contribution in [1.82, 2.24) is 10.3 Å². The van der Waals surface area contributed by atoms with E-state index in [-0.39, 0.29) is 17.6 Å². The number of thiazole rings is 1. The number of hydrogen-bond donors (Lipinski definition) is 2. The smallest absolute Gasteiger partial charge is 0.229 e. The Hall–Kier alpha value is -1.79. The third kappa shape index (κ3) is 3.75. The molecule has 1 saturated heterocycles. The van der Waals surface area contributed by atoms with Crippen molar-refractivity contribution in [3.05, 3.63) is 46.2 Å². The number of benzene rings is 1. The zero-order valence-electron chi connectivity index (χ0n) is 14.2. The zero-order valence-corrected chi connectivity index (χ0v) is 15.0. The SMILES string of the molecule is CC(C(=O)Nc1nc(C2CC2)c(Cc2ccc(F)cc2)s1)C1CNC1. The molecule has 2 aromatic rings. The summed E-state index contributed by atoms with van der Waals surface area (Å²) in [7, 11) is 0. The van der Waals surface area contributed by atoms with Crippen molar-refractivity contribution >= 4 is 22.4 Å². The van der Waals surface area contributed by atoms with Crippen LogP contribution in [0, 0.1) is 17.7 Å². The summed E-state index contributed by atoms with van der Waals surface area (Å²) in [6.07, 6.45) is 3.07. The molecule has 2 fully saturated rings. The minimum absolute atomic E-state index is 0.00456. The lowest BCUT2D eigenvalue weighted by Crippen LogP contribution is -2.48. The van der Waals surface area contributed by atoms with Gasteiger partial charge in [-0.15, -0.1) is 11.3 Å². The van der Waals surface area contributed by atoms with Crippen molar-refractivity contribution in [2.75, 3.05) is 18.4 Å². The molecule has 4 rings (SSSR count). The molecular formula is C19H22FN3OS. The van der Waals surface area contributed by atoms with Gasteiger partial charge >= 0.3 is 0 Å². The fourth-order valence-corrected chi connectivity index (χ4v) is 4.19. The molecule has 1 saturated carbocycles. The number of carbonyl (C=O) groups is 1. The molecule has 0 radical (unpaired) electrons. The first-order valence-corrected chi connectivity index (χ1v) is 9.67. The third-order valence-electron chi connectivity index (χ3n) is 5.13. The largest absolute Gasteiger partial charge is 0.316 e. The van der Waals surface area contributed by atoms with E-state index in [1.807, 2.05) is 19.1 Å². The van der Waals surface area contributed by atoms with Crippen LogP contribution in [-0.4, -0.2) is 24.0 Å². The third-order valence-corrected chi connectivity index (χ3v) is 6.12. The molecule has 1 aliphatic carbocycles. The second-order valence-electron chi connectivity index (χ2n) is 7.10. The van der Waals surface area contributed by atoms with E-state index < -0.39 is 0 Å². The van der Waals surface area contributed by atoms with Gasteiger partial charge < -0.3 is 10.6 Å². The van der Waals surface area contributed by atoms with Crippen LogP contribution >= 0.6 is 11.3 Å². The number of hydrogen-bond acceptors (Lipinski definition) is 4. The summed E-state index contributed by atoms with van der Waals surface area (Å²) in [6, 6.07) is 6.61. The van der Waals surface area contributed by atoms with Gasteiger partial charge in [0.25, 0.3) is 0 Å². The monoisotopic (exact) mass is 359 g/mol. The maximum absolute atomic E-state index is 13.1. The van der Waals surface area contributed by atoms with Gasteiger partial charge in [0.1, 0.15) is 5.82 Å². The molecule has 25 heavy (non-hydrogen) atoms. The molecule has 1 atom stereocenters. The van der Waals surface area contributed by atoms with Gasteiger partial charge in [0.05, 0.1) is 5.69 Å². The average molecular weight is 359 g/mol. The lowest BCUT2D eigenvalue weighted by molar-refractivity contribution is -0.121. The first-order valence-electron chi connectivity index (χ1n) is 8.86. The molecule has 132 valence electrons. The minimum Gasteiger partial charge on any atom is -0.316 e. The van der Waals surface area contributed by atoms with Gasteiger partial charge in [-0.1, -0.05) is 19.1 Å². The molecule has 4 nitrogen and oxygen atoms in total. The summed E-state index contributed by atoms with van der Waals surface area (Å²) >= 11 is 1.56. The van der Waals surface area contributed by atoms with Gasteiger partial charge in [0.2, 0.25) is 5.91 Å². The van der Waals surface area contributed by atoms with Crippen LogP contribution < -0.4 is 10.6 Å². The predicted molar refractivity (Wildman–Crippen MR) is 97.4 cm³/mol. The maximum atomic E-state index is 13.1. The van der Waals surface area contributed by atoms with E-state index in [4.69, 9.17) is 4.98 Å².